The first-order valence-electron chi connectivity index (χ1n) is 7.50. The van der Waals surface area contributed by atoms with E-state index in [9.17, 15) is 8.78 Å². The molecule has 0 radical (unpaired) electrons. The number of nitrogens with zero attached hydrogens (tertiary/aromatic N) is 1. The molecule has 0 bridgehead atoms. The molecule has 0 saturated carbocycles. The highest BCUT2D eigenvalue weighted by Crippen LogP contribution is 2.24. The van der Waals surface area contributed by atoms with E-state index in [2.05, 4.69) is 15.0 Å². The Bertz CT molecular complexity index is 639. The summed E-state index contributed by atoms with van der Waals surface area (Å²) >= 11 is 6.26. The zero-order valence-electron chi connectivity index (χ0n) is 13.3. The summed E-state index contributed by atoms with van der Waals surface area (Å²) in [5.41, 5.74) is 2.57. The maximum atomic E-state index is 12.1. The molecule has 0 aliphatic heterocycles. The van der Waals surface area contributed by atoms with E-state index in [-0.39, 0.29) is 5.75 Å². The number of ether oxygens (including phenoxy) is 2. The predicted octanol–water partition coefficient (Wildman–Crippen LogP) is 4.53. The molecule has 1 N–H and O–H groups in total. The van der Waals surface area contributed by atoms with Crippen molar-refractivity contribution in [1.29, 1.82) is 0 Å². The van der Waals surface area contributed by atoms with Crippen LogP contribution in [0.2, 0.25) is 5.02 Å². The average Bonchev–Trinajstić information content (AvgIpc) is 2.56. The monoisotopic (exact) mass is 356 g/mol. The molecule has 1 heterocycles. The molecule has 130 valence electrons. The summed E-state index contributed by atoms with van der Waals surface area (Å²) in [6.07, 6.45) is 3.37. The number of hydrogen-bond acceptors (Lipinski definition) is 4. The molecular formula is C17H19ClF2N2O2. The highest BCUT2D eigenvalue weighted by molar-refractivity contribution is 6.33. The molecule has 7 heteroatoms. The van der Waals surface area contributed by atoms with Crippen molar-refractivity contribution in [2.45, 2.75) is 26.1 Å². The summed E-state index contributed by atoms with van der Waals surface area (Å²) in [6.45, 7) is -1.71. The Labute approximate surface area is 144 Å². The Hall–Kier alpha value is -1.92. The molecule has 1 aromatic carbocycles. The third kappa shape index (κ3) is 5.62. The van der Waals surface area contributed by atoms with E-state index >= 15 is 0 Å². The van der Waals surface area contributed by atoms with E-state index in [1.807, 2.05) is 6.07 Å². The molecule has 24 heavy (non-hydrogen) atoms. The van der Waals surface area contributed by atoms with Crippen molar-refractivity contribution >= 4 is 17.3 Å². The van der Waals surface area contributed by atoms with Gasteiger partial charge in [0.15, 0.2) is 0 Å². The number of alkyl halides is 2. The minimum atomic E-state index is -2.80. The van der Waals surface area contributed by atoms with Gasteiger partial charge in [0.05, 0.1) is 23.0 Å². The van der Waals surface area contributed by atoms with Crippen LogP contribution in [0.1, 0.15) is 17.7 Å². The van der Waals surface area contributed by atoms with E-state index in [0.717, 1.165) is 30.6 Å². The number of halogens is 3. The van der Waals surface area contributed by atoms with Gasteiger partial charge in [-0.1, -0.05) is 23.7 Å². The average molecular weight is 357 g/mol. The van der Waals surface area contributed by atoms with Gasteiger partial charge in [0.2, 0.25) is 0 Å². The minimum absolute atomic E-state index is 0.168. The maximum Gasteiger partial charge on any atom is 0.387 e. The second-order valence-corrected chi connectivity index (χ2v) is 5.48. The number of benzene rings is 1. The Balaban J connectivity index is 1.80. The smallest absolute Gasteiger partial charge is 0.387 e. The van der Waals surface area contributed by atoms with Crippen LogP contribution in [0.25, 0.3) is 0 Å². The molecule has 1 aromatic heterocycles. The lowest BCUT2D eigenvalue weighted by Crippen LogP contribution is -2.05. The van der Waals surface area contributed by atoms with Crippen molar-refractivity contribution in [1.82, 2.24) is 4.98 Å². The highest BCUT2D eigenvalue weighted by atomic mass is 35.5. The standard InChI is InChI=1S/C17H19ClF2N2O2/c1-23-11-15-16(18)14(8-10-22-15)21-9-2-3-12-4-6-13(7-5-12)24-17(19)20/h4-8,10,17H,2-3,9,11H2,1H3,(H,21,22). The van der Waals surface area contributed by atoms with E-state index in [0.29, 0.717) is 17.3 Å². The Kier molecular flexibility index (Phi) is 7.21. The van der Waals surface area contributed by atoms with Crippen LogP contribution in [0.3, 0.4) is 0 Å². The van der Waals surface area contributed by atoms with Crippen molar-refractivity contribution < 1.29 is 18.3 Å². The van der Waals surface area contributed by atoms with Crippen LogP contribution in [-0.4, -0.2) is 25.3 Å². The molecule has 0 aliphatic rings. The number of aryl methyl sites for hydroxylation is 1. The number of anilines is 1. The second kappa shape index (κ2) is 9.39. The van der Waals surface area contributed by atoms with Gasteiger partial charge in [-0.3, -0.25) is 4.98 Å². The van der Waals surface area contributed by atoms with Crippen LogP contribution in [-0.2, 0) is 17.8 Å². The SMILES string of the molecule is COCc1nccc(NCCCc2ccc(OC(F)F)cc2)c1Cl. The van der Waals surface area contributed by atoms with E-state index in [4.69, 9.17) is 16.3 Å². The van der Waals surface area contributed by atoms with E-state index < -0.39 is 6.61 Å². The number of methoxy groups -OCH3 is 1. The predicted molar refractivity (Wildman–Crippen MR) is 89.8 cm³/mol. The molecule has 4 nitrogen and oxygen atoms in total. The first-order chi connectivity index (χ1) is 11.6. The zero-order chi connectivity index (χ0) is 17.4. The van der Waals surface area contributed by atoms with Crippen molar-refractivity contribution in [2.75, 3.05) is 19.0 Å². The summed E-state index contributed by atoms with van der Waals surface area (Å²) in [5, 5.41) is 3.83. The van der Waals surface area contributed by atoms with Gasteiger partial charge in [-0.15, -0.1) is 0 Å². The first kappa shape index (κ1) is 18.4. The third-order valence-corrected chi connectivity index (χ3v) is 3.77. The largest absolute Gasteiger partial charge is 0.435 e. The summed E-state index contributed by atoms with van der Waals surface area (Å²) in [4.78, 5) is 4.17. The normalized spacial score (nSPS) is 10.9. The fourth-order valence-electron chi connectivity index (χ4n) is 2.21. The number of pyridine rings is 1. The van der Waals surface area contributed by atoms with E-state index in [1.54, 1.807) is 37.6 Å². The lowest BCUT2D eigenvalue weighted by atomic mass is 10.1. The van der Waals surface area contributed by atoms with Crippen molar-refractivity contribution in [3.63, 3.8) is 0 Å². The molecule has 0 amide bonds. The van der Waals surface area contributed by atoms with Crippen molar-refractivity contribution in [3.05, 3.63) is 52.8 Å². The summed E-state index contributed by atoms with van der Waals surface area (Å²) in [7, 11) is 1.59. The molecule has 0 saturated heterocycles. The van der Waals surface area contributed by atoms with Crippen LogP contribution in [0.5, 0.6) is 5.75 Å². The molecule has 0 atom stereocenters. The van der Waals surface area contributed by atoms with Crippen LogP contribution in [0.15, 0.2) is 36.5 Å². The lowest BCUT2D eigenvalue weighted by molar-refractivity contribution is -0.0498. The van der Waals surface area contributed by atoms with Crippen molar-refractivity contribution in [2.24, 2.45) is 0 Å². The van der Waals surface area contributed by atoms with E-state index in [1.165, 1.54) is 0 Å². The zero-order valence-corrected chi connectivity index (χ0v) is 14.0. The minimum Gasteiger partial charge on any atom is -0.435 e. The van der Waals surface area contributed by atoms with Gasteiger partial charge in [-0.05, 0) is 36.6 Å². The molecule has 0 spiro atoms. The summed E-state index contributed by atoms with van der Waals surface area (Å²) in [6, 6.07) is 8.48. The quantitative estimate of drug-likeness (QED) is 0.670. The first-order valence-corrected chi connectivity index (χ1v) is 7.88. The van der Waals surface area contributed by atoms with Gasteiger partial charge in [-0.2, -0.15) is 8.78 Å². The van der Waals surface area contributed by atoms with Gasteiger partial charge in [-0.25, -0.2) is 0 Å². The van der Waals surface area contributed by atoms with Gasteiger partial charge >= 0.3 is 6.61 Å². The van der Waals surface area contributed by atoms with Crippen LogP contribution >= 0.6 is 11.6 Å². The van der Waals surface area contributed by atoms with Gasteiger partial charge in [0, 0.05) is 19.9 Å². The van der Waals surface area contributed by atoms with Gasteiger partial charge in [0.1, 0.15) is 5.75 Å². The van der Waals surface area contributed by atoms with Crippen molar-refractivity contribution in [3.8, 4) is 5.75 Å². The molecule has 0 unspecified atom stereocenters. The fraction of sp³-hybridized carbons (Fsp3) is 0.353. The summed E-state index contributed by atoms with van der Waals surface area (Å²) in [5.74, 6) is 0.168. The van der Waals surface area contributed by atoms with Crippen LogP contribution < -0.4 is 10.1 Å². The number of nitrogens with one attached hydrogen (secondary N) is 1. The van der Waals surface area contributed by atoms with Crippen LogP contribution in [0.4, 0.5) is 14.5 Å². The van der Waals surface area contributed by atoms with Gasteiger partial charge < -0.3 is 14.8 Å². The summed E-state index contributed by atoms with van der Waals surface area (Å²) < 4.78 is 33.5. The highest BCUT2D eigenvalue weighted by Gasteiger charge is 2.07. The lowest BCUT2D eigenvalue weighted by Gasteiger charge is -2.11. The molecular weight excluding hydrogens is 338 g/mol. The Morgan fingerprint density at radius 3 is 2.62 bits per heavy atom. The molecule has 2 rings (SSSR count). The molecule has 0 fully saturated rings. The Morgan fingerprint density at radius 2 is 1.96 bits per heavy atom. The topological polar surface area (TPSA) is 43.4 Å². The number of hydrogen-bond donors (Lipinski definition) is 1. The number of rotatable bonds is 9. The fourth-order valence-corrected chi connectivity index (χ4v) is 2.45. The van der Waals surface area contributed by atoms with Crippen LogP contribution in [0, 0.1) is 0 Å². The second-order valence-electron chi connectivity index (χ2n) is 5.10. The maximum absolute atomic E-state index is 12.1. The molecule has 2 aromatic rings. The number of aromatic nitrogens is 1. The third-order valence-electron chi connectivity index (χ3n) is 3.35. The van der Waals surface area contributed by atoms with Gasteiger partial charge in [0.25, 0.3) is 0 Å². The molecule has 0 aliphatic carbocycles. The Morgan fingerprint density at radius 1 is 1.21 bits per heavy atom.